The zero-order valence-electron chi connectivity index (χ0n) is 11.0. The second kappa shape index (κ2) is 5.30. The fraction of sp³-hybridized carbons (Fsp3) is 0.294. The van der Waals surface area contributed by atoms with Gasteiger partial charge in [-0.3, -0.25) is 0 Å². The van der Waals surface area contributed by atoms with E-state index < -0.39 is 6.10 Å². The van der Waals surface area contributed by atoms with Crippen LogP contribution in [-0.2, 0) is 11.8 Å². The van der Waals surface area contributed by atoms with Gasteiger partial charge in [0.2, 0.25) is 0 Å². The first-order chi connectivity index (χ1) is 9.62. The van der Waals surface area contributed by atoms with Crippen molar-refractivity contribution in [1.29, 1.82) is 0 Å². The van der Waals surface area contributed by atoms with E-state index in [2.05, 4.69) is 28.1 Å². The van der Waals surface area contributed by atoms with Gasteiger partial charge in [-0.15, -0.1) is 0 Å². The van der Waals surface area contributed by atoms with Crippen LogP contribution in [0, 0.1) is 5.82 Å². The first-order valence-corrected chi connectivity index (χ1v) is 7.59. The van der Waals surface area contributed by atoms with E-state index in [4.69, 9.17) is 0 Å². The van der Waals surface area contributed by atoms with E-state index in [9.17, 15) is 9.50 Å². The summed E-state index contributed by atoms with van der Waals surface area (Å²) in [4.78, 5) is 0. The molecule has 1 aliphatic carbocycles. The van der Waals surface area contributed by atoms with Gasteiger partial charge in [-0.05, 0) is 42.2 Å². The molecule has 0 radical (unpaired) electrons. The minimum Gasteiger partial charge on any atom is -0.392 e. The lowest BCUT2D eigenvalue weighted by molar-refractivity contribution is 0.131. The maximum atomic E-state index is 13.3. The molecule has 1 saturated carbocycles. The van der Waals surface area contributed by atoms with Crippen molar-refractivity contribution in [3.63, 3.8) is 0 Å². The molecule has 0 amide bonds. The highest BCUT2D eigenvalue weighted by Gasteiger charge is 2.50. The van der Waals surface area contributed by atoms with Gasteiger partial charge < -0.3 is 5.11 Å². The van der Waals surface area contributed by atoms with Crippen molar-refractivity contribution >= 4 is 15.9 Å². The molecule has 3 heteroatoms. The van der Waals surface area contributed by atoms with Gasteiger partial charge in [0.25, 0.3) is 0 Å². The highest BCUT2D eigenvalue weighted by molar-refractivity contribution is 9.10. The fourth-order valence-corrected chi connectivity index (χ4v) is 3.23. The second-order valence-electron chi connectivity index (χ2n) is 5.48. The van der Waals surface area contributed by atoms with Crippen molar-refractivity contribution in [1.82, 2.24) is 0 Å². The molecule has 1 N–H and O–H groups in total. The van der Waals surface area contributed by atoms with Crippen LogP contribution >= 0.6 is 15.9 Å². The Labute approximate surface area is 126 Å². The van der Waals surface area contributed by atoms with Crippen LogP contribution in [-0.4, -0.2) is 11.2 Å². The number of aliphatic hydroxyl groups excluding tert-OH is 1. The van der Waals surface area contributed by atoms with Crippen LogP contribution in [0.5, 0.6) is 0 Å². The van der Waals surface area contributed by atoms with E-state index in [1.807, 2.05) is 18.2 Å². The summed E-state index contributed by atoms with van der Waals surface area (Å²) in [6.45, 7) is 0. The molecule has 3 rings (SSSR count). The smallest absolute Gasteiger partial charge is 0.123 e. The van der Waals surface area contributed by atoms with Crippen molar-refractivity contribution < 1.29 is 9.50 Å². The van der Waals surface area contributed by atoms with Crippen LogP contribution in [0.4, 0.5) is 4.39 Å². The van der Waals surface area contributed by atoms with Crippen molar-refractivity contribution in [3.05, 3.63) is 69.9 Å². The average Bonchev–Trinajstić information content (AvgIpc) is 3.25. The van der Waals surface area contributed by atoms with Gasteiger partial charge in [0, 0.05) is 16.3 Å². The highest BCUT2D eigenvalue weighted by Crippen LogP contribution is 2.51. The third-order valence-electron chi connectivity index (χ3n) is 4.20. The first-order valence-electron chi connectivity index (χ1n) is 6.79. The molecule has 0 saturated heterocycles. The number of benzene rings is 2. The molecule has 104 valence electrons. The Hall–Kier alpha value is -1.19. The molecule has 0 spiro atoms. The summed E-state index contributed by atoms with van der Waals surface area (Å²) in [5.41, 5.74) is 1.85. The molecule has 1 nitrogen and oxygen atoms in total. The Morgan fingerprint density at radius 2 is 1.85 bits per heavy atom. The minimum atomic E-state index is -0.483. The van der Waals surface area contributed by atoms with Gasteiger partial charge in [0.1, 0.15) is 5.82 Å². The van der Waals surface area contributed by atoms with E-state index in [0.29, 0.717) is 6.42 Å². The van der Waals surface area contributed by atoms with E-state index in [-0.39, 0.29) is 11.2 Å². The van der Waals surface area contributed by atoms with E-state index >= 15 is 0 Å². The Morgan fingerprint density at radius 1 is 1.15 bits per heavy atom. The number of hydrogen-bond donors (Lipinski definition) is 1. The molecule has 0 bridgehead atoms. The van der Waals surface area contributed by atoms with Crippen LogP contribution < -0.4 is 0 Å². The van der Waals surface area contributed by atoms with Crippen LogP contribution in [0.1, 0.15) is 24.0 Å². The molecule has 0 heterocycles. The molecule has 20 heavy (non-hydrogen) atoms. The maximum absolute atomic E-state index is 13.3. The molecular weight excluding hydrogens is 319 g/mol. The summed E-state index contributed by atoms with van der Waals surface area (Å²) in [5.74, 6) is -0.264. The quantitative estimate of drug-likeness (QED) is 0.887. The van der Waals surface area contributed by atoms with Crippen LogP contribution in [0.3, 0.4) is 0 Å². The largest absolute Gasteiger partial charge is 0.392 e. The molecule has 0 aliphatic heterocycles. The number of aliphatic hydroxyl groups is 1. The SMILES string of the molecule is OC(Cc1cc(F)ccc1Br)C1(c2ccccc2)CC1. The van der Waals surface area contributed by atoms with Crippen LogP contribution in [0.25, 0.3) is 0 Å². The van der Waals surface area contributed by atoms with Crippen molar-refractivity contribution in [3.8, 4) is 0 Å². The van der Waals surface area contributed by atoms with Gasteiger partial charge >= 0.3 is 0 Å². The Bertz CT molecular complexity index is 608. The molecule has 2 aromatic rings. The highest BCUT2D eigenvalue weighted by atomic mass is 79.9. The van der Waals surface area contributed by atoms with E-state index in [0.717, 1.165) is 22.9 Å². The number of rotatable bonds is 4. The third-order valence-corrected chi connectivity index (χ3v) is 4.97. The molecule has 1 unspecified atom stereocenters. The second-order valence-corrected chi connectivity index (χ2v) is 6.33. The van der Waals surface area contributed by atoms with Gasteiger partial charge in [-0.25, -0.2) is 4.39 Å². The predicted octanol–water partition coefficient (Wildman–Crippen LogP) is 4.22. The molecular formula is C17H16BrFO. The zero-order chi connectivity index (χ0) is 14.2. The van der Waals surface area contributed by atoms with Gasteiger partial charge in [-0.1, -0.05) is 46.3 Å². The lowest BCUT2D eigenvalue weighted by Crippen LogP contribution is -2.28. The van der Waals surface area contributed by atoms with E-state index in [1.54, 1.807) is 6.07 Å². The normalized spacial score (nSPS) is 17.8. The lowest BCUT2D eigenvalue weighted by atomic mass is 9.86. The van der Waals surface area contributed by atoms with Crippen LogP contribution in [0.15, 0.2) is 53.0 Å². The molecule has 1 atom stereocenters. The summed E-state index contributed by atoms with van der Waals surface area (Å²) in [7, 11) is 0. The predicted molar refractivity (Wildman–Crippen MR) is 81.2 cm³/mol. The number of halogens is 2. The van der Waals surface area contributed by atoms with Crippen molar-refractivity contribution in [2.24, 2.45) is 0 Å². The zero-order valence-corrected chi connectivity index (χ0v) is 12.6. The average molecular weight is 335 g/mol. The van der Waals surface area contributed by atoms with Gasteiger partial charge in [0.15, 0.2) is 0 Å². The van der Waals surface area contributed by atoms with Gasteiger partial charge in [0.05, 0.1) is 6.10 Å². The van der Waals surface area contributed by atoms with Crippen LogP contribution in [0.2, 0.25) is 0 Å². The Balaban J connectivity index is 1.83. The molecule has 0 aromatic heterocycles. The van der Waals surface area contributed by atoms with Crippen molar-refractivity contribution in [2.45, 2.75) is 30.8 Å². The van der Waals surface area contributed by atoms with Crippen molar-refractivity contribution in [2.75, 3.05) is 0 Å². The summed E-state index contributed by atoms with van der Waals surface area (Å²) in [6.07, 6.45) is 1.96. The Kier molecular flexibility index (Phi) is 3.65. The fourth-order valence-electron chi connectivity index (χ4n) is 2.82. The summed E-state index contributed by atoms with van der Waals surface area (Å²) < 4.78 is 14.2. The summed E-state index contributed by atoms with van der Waals surface area (Å²) >= 11 is 3.42. The molecule has 2 aromatic carbocycles. The minimum absolute atomic E-state index is 0.146. The first kappa shape index (κ1) is 13.8. The lowest BCUT2D eigenvalue weighted by Gasteiger charge is -2.23. The Morgan fingerprint density at radius 3 is 2.50 bits per heavy atom. The monoisotopic (exact) mass is 334 g/mol. The topological polar surface area (TPSA) is 20.2 Å². The molecule has 1 aliphatic rings. The maximum Gasteiger partial charge on any atom is 0.123 e. The third kappa shape index (κ3) is 2.52. The summed E-state index contributed by atoms with van der Waals surface area (Å²) in [5, 5.41) is 10.6. The standard InChI is InChI=1S/C17H16BrFO/c18-15-7-6-14(19)10-12(15)11-16(20)17(8-9-17)13-4-2-1-3-5-13/h1-7,10,16,20H,8-9,11H2. The number of hydrogen-bond acceptors (Lipinski definition) is 1. The summed E-state index contributed by atoms with van der Waals surface area (Å²) in [6, 6.07) is 14.7. The van der Waals surface area contributed by atoms with Gasteiger partial charge in [-0.2, -0.15) is 0 Å². The molecule has 1 fully saturated rings. The van der Waals surface area contributed by atoms with E-state index in [1.165, 1.54) is 17.7 Å².